The van der Waals surface area contributed by atoms with Gasteiger partial charge in [0.25, 0.3) is 0 Å². The van der Waals surface area contributed by atoms with Gasteiger partial charge in [-0.05, 0) is 55.5 Å². The average Bonchev–Trinajstić information content (AvgIpc) is 4.04. The predicted octanol–water partition coefficient (Wildman–Crippen LogP) is 14.3. The van der Waals surface area contributed by atoms with Gasteiger partial charge in [-0.25, -0.2) is 0 Å². The summed E-state index contributed by atoms with van der Waals surface area (Å²) in [5.74, 6) is 0. The first-order valence-corrected chi connectivity index (χ1v) is 20.8. The van der Waals surface area contributed by atoms with Crippen LogP contribution in [-0.4, -0.2) is 18.3 Å². The topological polar surface area (TPSA) is 43.5 Å². The minimum absolute atomic E-state index is 0.594. The number of nitrogens with zero attached hydrogens (tertiary/aromatic N) is 5. The molecule has 4 aromatic heterocycles. The van der Waals surface area contributed by atoms with Crippen molar-refractivity contribution in [2.75, 3.05) is 0 Å². The van der Waals surface area contributed by atoms with Crippen LogP contribution in [0.5, 0.6) is 0 Å². The molecule has 0 spiro atoms. The summed E-state index contributed by atoms with van der Waals surface area (Å²) in [4.78, 5) is 0. The summed E-state index contributed by atoms with van der Waals surface area (Å²) in [5, 5.41) is 21.3. The Morgan fingerprint density at radius 3 is 0.754 bits per heavy atom. The Labute approximate surface area is 350 Å². The van der Waals surface area contributed by atoms with Crippen molar-refractivity contribution in [3.63, 3.8) is 0 Å². The fourth-order valence-electron chi connectivity index (χ4n) is 10.6. The molecule has 0 aliphatic carbocycles. The first kappa shape index (κ1) is 33.6. The lowest BCUT2D eigenvalue weighted by molar-refractivity contribution is 1.01. The second kappa shape index (κ2) is 12.6. The molecule has 0 saturated carbocycles. The zero-order valence-electron chi connectivity index (χ0n) is 33.2. The van der Waals surface area contributed by atoms with Gasteiger partial charge in [0.2, 0.25) is 0 Å². The van der Waals surface area contributed by atoms with Crippen LogP contribution in [0.1, 0.15) is 11.1 Å². The van der Waals surface area contributed by atoms with Crippen LogP contribution in [0.4, 0.5) is 0 Å². The zero-order chi connectivity index (χ0) is 40.3. The van der Waals surface area contributed by atoms with Crippen LogP contribution in [0.15, 0.2) is 194 Å². The molecule has 0 saturated heterocycles. The Morgan fingerprint density at radius 2 is 0.492 bits per heavy atom. The number of hydrogen-bond donors (Lipinski definition) is 0. The van der Waals surface area contributed by atoms with Gasteiger partial charge in [-0.1, -0.05) is 146 Å². The van der Waals surface area contributed by atoms with E-state index in [9.17, 15) is 5.26 Å². The summed E-state index contributed by atoms with van der Waals surface area (Å²) < 4.78 is 9.62. The third-order valence-corrected chi connectivity index (χ3v) is 13.0. The van der Waals surface area contributed by atoms with Crippen molar-refractivity contribution >= 4 is 87.2 Å². The van der Waals surface area contributed by atoms with E-state index in [-0.39, 0.29) is 0 Å². The number of nitriles is 1. The first-order chi connectivity index (χ1) is 30.2. The van der Waals surface area contributed by atoms with Crippen LogP contribution >= 0.6 is 0 Å². The number of fused-ring (bicyclic) bond motifs is 12. The minimum Gasteiger partial charge on any atom is -0.307 e. The van der Waals surface area contributed by atoms with Crippen LogP contribution in [0, 0.1) is 18.3 Å². The lowest BCUT2D eigenvalue weighted by Gasteiger charge is -2.28. The van der Waals surface area contributed by atoms with E-state index < -0.39 is 0 Å². The molecule has 0 aliphatic heterocycles. The Kier molecular flexibility index (Phi) is 6.94. The molecule has 0 aliphatic rings. The molecule has 284 valence electrons. The fraction of sp³-hybridized carbons (Fsp3) is 0.0179. The van der Waals surface area contributed by atoms with Gasteiger partial charge in [0.1, 0.15) is 11.6 Å². The molecule has 0 unspecified atom stereocenters. The molecule has 9 aromatic carbocycles. The largest absolute Gasteiger partial charge is 0.307 e. The Bertz CT molecular complexity index is 3820. The van der Waals surface area contributed by atoms with Crippen LogP contribution in [-0.2, 0) is 0 Å². The number of para-hydroxylation sites is 8. The van der Waals surface area contributed by atoms with Gasteiger partial charge in [-0.3, -0.25) is 0 Å². The second-order valence-electron chi connectivity index (χ2n) is 16.0. The lowest BCUT2D eigenvalue weighted by Crippen LogP contribution is -2.16. The molecule has 13 aromatic rings. The molecule has 0 atom stereocenters. The smallest absolute Gasteiger partial charge is 0.104 e. The summed E-state index contributed by atoms with van der Waals surface area (Å²) in [5.41, 5.74) is 13.7. The van der Waals surface area contributed by atoms with Gasteiger partial charge < -0.3 is 18.3 Å². The molecule has 13 rings (SSSR count). The molecule has 0 bridgehead atoms. The SMILES string of the molecule is Cc1c(-n2c3ccccc3c3ccccc32)c(C#N)c(-n2c3ccccc3c3ccccc32)c(-n2c3ccccc3c3ccccc32)c1-n1c2ccccc2c2ccccc21. The molecule has 0 fully saturated rings. The van der Waals surface area contributed by atoms with Gasteiger partial charge in [0.15, 0.2) is 0 Å². The Balaban J connectivity index is 1.38. The van der Waals surface area contributed by atoms with Crippen LogP contribution < -0.4 is 0 Å². The summed E-state index contributed by atoms with van der Waals surface area (Å²) >= 11 is 0. The first-order valence-electron chi connectivity index (χ1n) is 20.8. The molecule has 61 heavy (non-hydrogen) atoms. The van der Waals surface area contributed by atoms with Gasteiger partial charge in [0, 0.05) is 48.7 Å². The minimum atomic E-state index is 0.594. The highest BCUT2D eigenvalue weighted by atomic mass is 15.1. The highest BCUT2D eigenvalue weighted by molar-refractivity contribution is 6.15. The standard InChI is InChI=1S/C56H35N5/c1-35-53(58-45-26-10-2-18-36(45)37-19-3-11-27-46(37)58)44(34-57)55(60-49-30-14-6-22-40(49)41-23-7-15-31-50(41)60)56(61-51-32-16-8-24-42(51)43-25-9-17-33-52(43)61)54(35)59-47-28-12-4-20-38(47)39-21-5-13-29-48(39)59/h2-33H,1H3. The summed E-state index contributed by atoms with van der Waals surface area (Å²) in [6, 6.07) is 72.2. The van der Waals surface area contributed by atoms with E-state index in [1.165, 1.54) is 10.8 Å². The van der Waals surface area contributed by atoms with Crippen molar-refractivity contribution in [1.82, 2.24) is 18.3 Å². The van der Waals surface area contributed by atoms with Gasteiger partial charge >= 0.3 is 0 Å². The van der Waals surface area contributed by atoms with Crippen molar-refractivity contribution in [3.8, 4) is 28.8 Å². The monoisotopic (exact) mass is 777 g/mol. The van der Waals surface area contributed by atoms with Gasteiger partial charge in [-0.2, -0.15) is 5.26 Å². The van der Waals surface area contributed by atoms with E-state index in [1.54, 1.807) is 0 Å². The van der Waals surface area contributed by atoms with Gasteiger partial charge in [-0.15, -0.1) is 0 Å². The number of benzene rings is 9. The molecular weight excluding hydrogens is 743 g/mol. The van der Waals surface area contributed by atoms with Crippen molar-refractivity contribution in [2.24, 2.45) is 0 Å². The summed E-state index contributed by atoms with van der Waals surface area (Å²) in [7, 11) is 0. The molecule has 5 nitrogen and oxygen atoms in total. The Hall–Kier alpha value is -8.33. The van der Waals surface area contributed by atoms with Crippen LogP contribution in [0.2, 0.25) is 0 Å². The molecular formula is C56H35N5. The lowest BCUT2D eigenvalue weighted by atomic mass is 9.99. The van der Waals surface area contributed by atoms with E-state index in [0.717, 1.165) is 105 Å². The number of hydrogen-bond acceptors (Lipinski definition) is 1. The van der Waals surface area contributed by atoms with E-state index >= 15 is 0 Å². The molecule has 4 heterocycles. The number of aromatic nitrogens is 4. The number of rotatable bonds is 4. The highest BCUT2D eigenvalue weighted by Crippen LogP contribution is 2.48. The quantitative estimate of drug-likeness (QED) is 0.175. The molecule has 0 amide bonds. The van der Waals surface area contributed by atoms with Crippen LogP contribution in [0.3, 0.4) is 0 Å². The molecule has 0 N–H and O–H groups in total. The maximum atomic E-state index is 12.1. The molecule has 5 heteroatoms. The maximum absolute atomic E-state index is 12.1. The summed E-state index contributed by atoms with van der Waals surface area (Å²) in [6.45, 7) is 2.23. The van der Waals surface area contributed by atoms with E-state index in [2.05, 4.69) is 225 Å². The van der Waals surface area contributed by atoms with Crippen molar-refractivity contribution < 1.29 is 0 Å². The Morgan fingerprint density at radius 1 is 0.279 bits per heavy atom. The van der Waals surface area contributed by atoms with Crippen molar-refractivity contribution in [2.45, 2.75) is 6.92 Å². The fourth-order valence-corrected chi connectivity index (χ4v) is 10.6. The van der Waals surface area contributed by atoms with Crippen molar-refractivity contribution in [1.29, 1.82) is 5.26 Å². The predicted molar refractivity (Wildman–Crippen MR) is 253 cm³/mol. The molecule has 0 radical (unpaired) electrons. The van der Waals surface area contributed by atoms with Gasteiger partial charge in [0.05, 0.1) is 66.9 Å². The van der Waals surface area contributed by atoms with Crippen molar-refractivity contribution in [3.05, 3.63) is 205 Å². The maximum Gasteiger partial charge on any atom is 0.104 e. The zero-order valence-corrected chi connectivity index (χ0v) is 33.2. The van der Waals surface area contributed by atoms with E-state index in [1.807, 2.05) is 0 Å². The average molecular weight is 778 g/mol. The third kappa shape index (κ3) is 4.43. The second-order valence-corrected chi connectivity index (χ2v) is 16.0. The summed E-state index contributed by atoms with van der Waals surface area (Å²) in [6.07, 6.45) is 0. The third-order valence-electron chi connectivity index (χ3n) is 13.0. The van der Waals surface area contributed by atoms with E-state index in [4.69, 9.17) is 0 Å². The van der Waals surface area contributed by atoms with Crippen LogP contribution in [0.25, 0.3) is 110 Å². The highest BCUT2D eigenvalue weighted by Gasteiger charge is 2.32. The normalized spacial score (nSPS) is 12.0. The van der Waals surface area contributed by atoms with E-state index in [0.29, 0.717) is 5.56 Å².